The summed E-state index contributed by atoms with van der Waals surface area (Å²) in [6.45, 7) is 7.66. The Bertz CT molecular complexity index is 1060. The Morgan fingerprint density at radius 1 is 1.06 bits per heavy atom. The summed E-state index contributed by atoms with van der Waals surface area (Å²) in [7, 11) is 1.66. The summed E-state index contributed by atoms with van der Waals surface area (Å²) in [5.41, 5.74) is 4.29. The van der Waals surface area contributed by atoms with Crippen LogP contribution in [0.4, 0.5) is 5.13 Å². The molecule has 164 valence electrons. The van der Waals surface area contributed by atoms with Crippen LogP contribution in [0.15, 0.2) is 36.4 Å². The van der Waals surface area contributed by atoms with Crippen molar-refractivity contribution in [1.29, 1.82) is 0 Å². The molecule has 2 aromatic carbocycles. The highest BCUT2D eigenvalue weighted by molar-refractivity contribution is 7.22. The number of benzene rings is 2. The number of methoxy groups -OCH3 is 1. The minimum absolute atomic E-state index is 0.0264. The Labute approximate surface area is 188 Å². The Kier molecular flexibility index (Phi) is 6.88. The predicted molar refractivity (Wildman–Crippen MR) is 129 cm³/mol. The first-order valence-corrected chi connectivity index (χ1v) is 12.1. The van der Waals surface area contributed by atoms with Crippen molar-refractivity contribution in [2.24, 2.45) is 0 Å². The molecule has 31 heavy (non-hydrogen) atoms. The molecule has 1 amide bonds. The average molecular weight is 438 g/mol. The highest BCUT2D eigenvalue weighted by Crippen LogP contribution is 2.35. The quantitative estimate of drug-likeness (QED) is 0.488. The largest absolute Gasteiger partial charge is 0.494 e. The van der Waals surface area contributed by atoms with E-state index in [1.807, 2.05) is 29.2 Å². The van der Waals surface area contributed by atoms with E-state index in [4.69, 9.17) is 9.72 Å². The number of anilines is 1. The number of amides is 1. The molecule has 1 aromatic heterocycles. The number of ether oxygens (including phenoxy) is 1. The van der Waals surface area contributed by atoms with Crippen LogP contribution in [0.25, 0.3) is 10.2 Å². The molecule has 1 aliphatic rings. The van der Waals surface area contributed by atoms with Crippen molar-refractivity contribution in [3.8, 4) is 5.75 Å². The highest BCUT2D eigenvalue weighted by atomic mass is 32.1. The summed E-state index contributed by atoms with van der Waals surface area (Å²) in [5, 5.41) is 0.731. The fraction of sp³-hybridized carbons (Fsp3) is 0.440. The lowest BCUT2D eigenvalue weighted by Gasteiger charge is -2.25. The van der Waals surface area contributed by atoms with Gasteiger partial charge < -0.3 is 9.64 Å². The monoisotopic (exact) mass is 437 g/mol. The van der Waals surface area contributed by atoms with Gasteiger partial charge in [-0.25, -0.2) is 4.98 Å². The Hall–Kier alpha value is -2.44. The normalized spacial score (nSPS) is 13.4. The molecule has 0 aliphatic heterocycles. The number of hydrogen-bond acceptors (Lipinski definition) is 5. The third-order valence-electron chi connectivity index (χ3n) is 6.20. The molecule has 5 nitrogen and oxygen atoms in total. The number of hydrogen-bond donors (Lipinski definition) is 0. The molecule has 1 heterocycles. The fourth-order valence-corrected chi connectivity index (χ4v) is 5.29. The van der Waals surface area contributed by atoms with Crippen LogP contribution >= 0.6 is 11.3 Å². The Morgan fingerprint density at radius 3 is 2.58 bits per heavy atom. The second kappa shape index (κ2) is 9.79. The van der Waals surface area contributed by atoms with Gasteiger partial charge in [0.05, 0.1) is 11.8 Å². The summed E-state index contributed by atoms with van der Waals surface area (Å²) >= 11 is 1.55. The van der Waals surface area contributed by atoms with Crippen molar-refractivity contribution in [3.05, 3.63) is 53.1 Å². The van der Waals surface area contributed by atoms with E-state index in [1.165, 1.54) is 24.0 Å². The maximum absolute atomic E-state index is 13.7. The summed E-state index contributed by atoms with van der Waals surface area (Å²) in [6.07, 6.45) is 4.62. The van der Waals surface area contributed by atoms with Crippen molar-refractivity contribution in [2.45, 2.75) is 39.5 Å². The van der Waals surface area contributed by atoms with Crippen LogP contribution < -0.4 is 9.64 Å². The molecule has 0 radical (unpaired) electrons. The third-order valence-corrected chi connectivity index (χ3v) is 7.24. The number of fused-ring (bicyclic) bond motifs is 2. The summed E-state index contributed by atoms with van der Waals surface area (Å²) in [6, 6.07) is 12.2. The average Bonchev–Trinajstić information content (AvgIpc) is 3.25. The summed E-state index contributed by atoms with van der Waals surface area (Å²) < 4.78 is 6.52. The van der Waals surface area contributed by atoms with E-state index in [0.717, 1.165) is 59.1 Å². The minimum Gasteiger partial charge on any atom is -0.494 e. The van der Waals surface area contributed by atoms with Gasteiger partial charge in [0.2, 0.25) is 0 Å². The first-order valence-electron chi connectivity index (χ1n) is 11.2. The second-order valence-electron chi connectivity index (χ2n) is 7.98. The zero-order chi connectivity index (χ0) is 21.8. The molecule has 0 unspecified atom stereocenters. The third kappa shape index (κ3) is 4.60. The number of carbonyl (C=O) groups excluding carboxylic acids is 1. The van der Waals surface area contributed by atoms with Gasteiger partial charge in [0.25, 0.3) is 5.91 Å². The highest BCUT2D eigenvalue weighted by Gasteiger charge is 2.24. The van der Waals surface area contributed by atoms with Gasteiger partial charge in [-0.15, -0.1) is 0 Å². The van der Waals surface area contributed by atoms with Crippen LogP contribution in [-0.4, -0.2) is 49.1 Å². The van der Waals surface area contributed by atoms with E-state index in [-0.39, 0.29) is 5.91 Å². The lowest BCUT2D eigenvalue weighted by atomic mass is 9.90. The van der Waals surface area contributed by atoms with Crippen molar-refractivity contribution >= 4 is 32.6 Å². The van der Waals surface area contributed by atoms with E-state index >= 15 is 0 Å². The maximum Gasteiger partial charge on any atom is 0.260 e. The van der Waals surface area contributed by atoms with Crippen LogP contribution in [0.2, 0.25) is 0 Å². The molecule has 0 fully saturated rings. The topological polar surface area (TPSA) is 45.7 Å². The van der Waals surface area contributed by atoms with Crippen molar-refractivity contribution in [3.63, 3.8) is 0 Å². The van der Waals surface area contributed by atoms with Crippen LogP contribution in [0.3, 0.4) is 0 Å². The smallest absolute Gasteiger partial charge is 0.260 e. The Balaban J connectivity index is 1.69. The van der Waals surface area contributed by atoms with E-state index in [0.29, 0.717) is 6.54 Å². The molecule has 1 aliphatic carbocycles. The first-order chi connectivity index (χ1) is 15.1. The molecule has 0 saturated carbocycles. The number of rotatable bonds is 8. The van der Waals surface area contributed by atoms with Crippen LogP contribution in [0.1, 0.15) is 48.2 Å². The van der Waals surface area contributed by atoms with E-state index in [2.05, 4.69) is 30.9 Å². The first kappa shape index (κ1) is 21.8. The van der Waals surface area contributed by atoms with Crippen molar-refractivity contribution in [1.82, 2.24) is 9.88 Å². The molecule has 0 spiro atoms. The van der Waals surface area contributed by atoms with E-state index in [1.54, 1.807) is 18.4 Å². The van der Waals surface area contributed by atoms with Gasteiger partial charge in [0.1, 0.15) is 11.3 Å². The van der Waals surface area contributed by atoms with Gasteiger partial charge in [-0.1, -0.05) is 37.3 Å². The van der Waals surface area contributed by atoms with Crippen molar-refractivity contribution < 1.29 is 9.53 Å². The van der Waals surface area contributed by atoms with Gasteiger partial charge in [-0.05, 0) is 74.2 Å². The number of likely N-dealkylation sites (N-methyl/N-ethyl adjacent to an activating group) is 1. The standard InChI is InChI=1S/C25H31N3O2S/c1-4-27(5-2)15-16-28(25-26-23-21(30-3)11-8-12-22(23)31-25)24(29)20-14-13-18-9-6-7-10-19(18)17-20/h8,11-14,17H,4-7,9-10,15-16H2,1-3H3. The number of nitrogens with zero attached hydrogens (tertiary/aromatic N) is 3. The number of aromatic nitrogens is 1. The number of aryl methyl sites for hydroxylation is 2. The molecule has 6 heteroatoms. The molecule has 3 aromatic rings. The molecular formula is C25H31N3O2S. The van der Waals surface area contributed by atoms with Gasteiger partial charge in [-0.3, -0.25) is 9.69 Å². The summed E-state index contributed by atoms with van der Waals surface area (Å²) in [4.78, 5) is 22.7. The van der Waals surface area contributed by atoms with Crippen molar-refractivity contribution in [2.75, 3.05) is 38.2 Å². The van der Waals surface area contributed by atoms with Crippen LogP contribution in [0, 0.1) is 0 Å². The van der Waals surface area contributed by atoms with Gasteiger partial charge in [-0.2, -0.15) is 0 Å². The fourth-order valence-electron chi connectivity index (χ4n) is 4.28. The summed E-state index contributed by atoms with van der Waals surface area (Å²) in [5.74, 6) is 0.767. The molecule has 4 rings (SSSR count). The number of carbonyl (C=O) groups is 1. The second-order valence-corrected chi connectivity index (χ2v) is 8.99. The van der Waals surface area contributed by atoms with Crippen LogP contribution in [0.5, 0.6) is 5.75 Å². The van der Waals surface area contributed by atoms with Gasteiger partial charge in [0, 0.05) is 18.7 Å². The lowest BCUT2D eigenvalue weighted by Crippen LogP contribution is -2.39. The molecule has 0 saturated heterocycles. The van der Waals surface area contributed by atoms with Crippen LogP contribution in [-0.2, 0) is 12.8 Å². The Morgan fingerprint density at radius 2 is 1.84 bits per heavy atom. The molecule has 0 atom stereocenters. The molecule has 0 bridgehead atoms. The molecule has 0 N–H and O–H groups in total. The zero-order valence-electron chi connectivity index (χ0n) is 18.7. The van der Waals surface area contributed by atoms with Gasteiger partial charge >= 0.3 is 0 Å². The maximum atomic E-state index is 13.7. The molecular weight excluding hydrogens is 406 g/mol. The number of para-hydroxylation sites is 1. The zero-order valence-corrected chi connectivity index (χ0v) is 19.5. The van der Waals surface area contributed by atoms with Gasteiger partial charge in [0.15, 0.2) is 5.13 Å². The van der Waals surface area contributed by atoms with E-state index < -0.39 is 0 Å². The minimum atomic E-state index is 0.0264. The SMILES string of the molecule is CCN(CC)CCN(C(=O)c1ccc2c(c1)CCCC2)c1nc2c(OC)cccc2s1. The number of thiazole rings is 1. The van der Waals surface area contributed by atoms with E-state index in [9.17, 15) is 4.79 Å². The predicted octanol–water partition coefficient (Wildman–Crippen LogP) is 5.17. The lowest BCUT2D eigenvalue weighted by molar-refractivity contribution is 0.0983.